The highest BCUT2D eigenvalue weighted by Crippen LogP contribution is 2.48. The van der Waals surface area contributed by atoms with E-state index < -0.39 is 42.3 Å². The number of ether oxygens (including phenoxy) is 7. The lowest BCUT2D eigenvalue weighted by molar-refractivity contribution is -0.346. The van der Waals surface area contributed by atoms with Crippen molar-refractivity contribution in [3.8, 4) is 0 Å². The van der Waals surface area contributed by atoms with E-state index in [0.29, 0.717) is 45.5 Å². The van der Waals surface area contributed by atoms with Gasteiger partial charge in [-0.3, -0.25) is 0 Å². The highest BCUT2D eigenvalue weighted by atomic mass is 28.4. The van der Waals surface area contributed by atoms with E-state index in [1.165, 1.54) is 5.56 Å². The summed E-state index contributed by atoms with van der Waals surface area (Å²) < 4.78 is 68.4. The smallest absolute Gasteiger partial charge is 0.192 e. The molecule has 3 aliphatic rings. The molecule has 0 aliphatic carbocycles. The molecule has 4 rings (SSSR count). The zero-order valence-corrected chi connectivity index (χ0v) is 48.7. The van der Waals surface area contributed by atoms with E-state index >= 15 is 0 Å². The number of hydrogen-bond donors (Lipinski definition) is 0. The molecule has 0 saturated carbocycles. The summed E-state index contributed by atoms with van der Waals surface area (Å²) >= 11 is 0. The van der Waals surface area contributed by atoms with Crippen molar-refractivity contribution in [3.05, 3.63) is 48.6 Å². The van der Waals surface area contributed by atoms with Gasteiger partial charge in [0.1, 0.15) is 0 Å². The highest BCUT2D eigenvalue weighted by Gasteiger charge is 2.54. The zero-order chi connectivity index (χ0) is 49.8. The molecule has 0 aromatic heterocycles. The van der Waals surface area contributed by atoms with Crippen LogP contribution in [0.1, 0.15) is 147 Å². The van der Waals surface area contributed by atoms with E-state index in [9.17, 15) is 0 Å². The molecule has 3 aliphatic heterocycles. The van der Waals surface area contributed by atoms with Crippen LogP contribution in [-0.4, -0.2) is 105 Å². The molecule has 13 heteroatoms. The van der Waals surface area contributed by atoms with Crippen LogP contribution in [-0.2, 0) is 53.0 Å². The number of hydrogen-bond acceptors (Lipinski definition) is 10. The molecule has 382 valence electrons. The van der Waals surface area contributed by atoms with Gasteiger partial charge in [0, 0.05) is 51.9 Å². The molecular formula is C53H98O10Si3. The van der Waals surface area contributed by atoms with Crippen LogP contribution in [0.15, 0.2) is 43.0 Å². The van der Waals surface area contributed by atoms with Crippen molar-refractivity contribution in [1.82, 2.24) is 0 Å². The maximum Gasteiger partial charge on any atom is 0.192 e. The second-order valence-electron chi connectivity index (χ2n) is 25.3. The van der Waals surface area contributed by atoms with E-state index in [-0.39, 0.29) is 63.8 Å². The van der Waals surface area contributed by atoms with E-state index in [1.54, 1.807) is 7.11 Å². The van der Waals surface area contributed by atoms with Crippen LogP contribution < -0.4 is 0 Å². The Morgan fingerprint density at radius 3 is 1.82 bits per heavy atom. The molecule has 1 aromatic rings. The van der Waals surface area contributed by atoms with Crippen LogP contribution in [0.25, 0.3) is 0 Å². The lowest BCUT2D eigenvalue weighted by atomic mass is 9.83. The molecule has 0 amide bonds. The normalized spacial score (nSPS) is 29.7. The van der Waals surface area contributed by atoms with Crippen molar-refractivity contribution in [2.75, 3.05) is 20.3 Å². The molecule has 3 saturated heterocycles. The summed E-state index contributed by atoms with van der Waals surface area (Å²) in [6.45, 7) is 48.9. The Labute approximate surface area is 407 Å². The minimum Gasteiger partial charge on any atom is -0.417 e. The Balaban J connectivity index is 1.59. The first-order valence-corrected chi connectivity index (χ1v) is 34.0. The monoisotopic (exact) mass is 979 g/mol. The SMILES string of the molecule is C=C[C@H]1[C@H](CCO[Si](C)(C)C(C)(C)C)O[C@@](C[C@@H]2C[C@H]([C@H](CC[C@@H]3C[C@H](CCOCc4ccccc4)OC(C)(C)O3)O[Si](C)(C)C(C)(C)C)OC(C)(C)O2)(OC)C[C@@H]1O[Si](C)(C)C(C)(C)C. The largest absolute Gasteiger partial charge is 0.417 e. The van der Waals surface area contributed by atoms with Crippen molar-refractivity contribution in [2.45, 2.75) is 262 Å². The summed E-state index contributed by atoms with van der Waals surface area (Å²) in [5, 5.41) is 0.137. The van der Waals surface area contributed by atoms with Gasteiger partial charge in [0.05, 0.1) is 49.3 Å². The van der Waals surface area contributed by atoms with Crippen LogP contribution in [0, 0.1) is 5.92 Å². The van der Waals surface area contributed by atoms with Gasteiger partial charge in [0.2, 0.25) is 0 Å². The second-order valence-corrected chi connectivity index (χ2v) is 39.6. The number of methoxy groups -OCH3 is 1. The third-order valence-electron chi connectivity index (χ3n) is 15.8. The van der Waals surface area contributed by atoms with Crippen molar-refractivity contribution < 1.29 is 46.4 Å². The van der Waals surface area contributed by atoms with Gasteiger partial charge in [-0.2, -0.15) is 0 Å². The van der Waals surface area contributed by atoms with Gasteiger partial charge in [0.25, 0.3) is 0 Å². The van der Waals surface area contributed by atoms with Gasteiger partial charge in [0.15, 0.2) is 42.3 Å². The Morgan fingerprint density at radius 1 is 0.697 bits per heavy atom. The summed E-state index contributed by atoms with van der Waals surface area (Å²) in [4.78, 5) is 0. The second kappa shape index (κ2) is 22.3. The summed E-state index contributed by atoms with van der Waals surface area (Å²) in [6.07, 6.45) is 6.73. The van der Waals surface area contributed by atoms with Crippen molar-refractivity contribution >= 4 is 25.0 Å². The Morgan fingerprint density at radius 2 is 1.26 bits per heavy atom. The van der Waals surface area contributed by atoms with Crippen LogP contribution in [0.5, 0.6) is 0 Å². The lowest BCUT2D eigenvalue weighted by Crippen LogP contribution is -2.59. The van der Waals surface area contributed by atoms with Gasteiger partial charge in [-0.05, 0) is 113 Å². The van der Waals surface area contributed by atoms with Gasteiger partial charge >= 0.3 is 0 Å². The Kier molecular flexibility index (Phi) is 19.5. The fourth-order valence-electron chi connectivity index (χ4n) is 8.94. The summed E-state index contributed by atoms with van der Waals surface area (Å²) in [7, 11) is -4.67. The predicted molar refractivity (Wildman–Crippen MR) is 276 cm³/mol. The van der Waals surface area contributed by atoms with Gasteiger partial charge < -0.3 is 46.4 Å². The van der Waals surface area contributed by atoms with Crippen molar-refractivity contribution in [3.63, 3.8) is 0 Å². The average molecular weight is 980 g/mol. The maximum atomic E-state index is 7.41. The van der Waals surface area contributed by atoms with Crippen LogP contribution >= 0.6 is 0 Å². The maximum absolute atomic E-state index is 7.41. The fourth-order valence-corrected chi connectivity index (χ4v) is 12.7. The highest BCUT2D eigenvalue weighted by molar-refractivity contribution is 6.75. The van der Waals surface area contributed by atoms with Gasteiger partial charge in [-0.1, -0.05) is 98.7 Å². The summed E-state index contributed by atoms with van der Waals surface area (Å²) in [6, 6.07) is 10.3. The van der Waals surface area contributed by atoms with Crippen LogP contribution in [0.3, 0.4) is 0 Å². The molecular weight excluding hydrogens is 881 g/mol. The molecule has 3 fully saturated rings. The molecule has 3 heterocycles. The first-order valence-electron chi connectivity index (χ1n) is 25.3. The van der Waals surface area contributed by atoms with E-state index in [2.05, 4.69) is 120 Å². The Bertz CT molecular complexity index is 1650. The Hall–Kier alpha value is -0.789. The van der Waals surface area contributed by atoms with E-state index in [0.717, 1.165) is 25.7 Å². The zero-order valence-electron chi connectivity index (χ0n) is 45.7. The summed E-state index contributed by atoms with van der Waals surface area (Å²) in [5.74, 6) is -2.56. The van der Waals surface area contributed by atoms with Gasteiger partial charge in [-0.25, -0.2) is 0 Å². The molecule has 0 spiro atoms. The summed E-state index contributed by atoms with van der Waals surface area (Å²) in [5.41, 5.74) is 1.17. The molecule has 10 nitrogen and oxygen atoms in total. The quantitative estimate of drug-likeness (QED) is 0.0674. The molecule has 1 aromatic carbocycles. The predicted octanol–water partition coefficient (Wildman–Crippen LogP) is 13.7. The van der Waals surface area contributed by atoms with Crippen LogP contribution in [0.4, 0.5) is 0 Å². The third kappa shape index (κ3) is 16.1. The van der Waals surface area contributed by atoms with E-state index in [4.69, 9.17) is 46.4 Å². The standard InChI is InChI=1S/C53H98O10Si3/c1-22-43-44(31-33-56-64(16,17)48(2,3)4)61-53(54-15,37-47(43)63-66(20,21)50(8,9)10)36-42-35-46(60-52(13,14)59-42)45(62-65(18,19)49(5,6)7)29-28-40-34-41(58-51(11,12)57-40)30-32-55-38-39-26-24-23-25-27-39/h22-27,40-47H,1,28-38H2,2-21H3/t40-,41+,42+,43+,44+,45+,46-,47+,53-/m1/s1. The number of rotatable bonds is 21. The van der Waals surface area contributed by atoms with Crippen molar-refractivity contribution in [1.29, 1.82) is 0 Å². The first-order chi connectivity index (χ1) is 30.1. The molecule has 0 N–H and O–H groups in total. The van der Waals surface area contributed by atoms with E-state index in [1.807, 2.05) is 52.0 Å². The number of benzene rings is 1. The van der Waals surface area contributed by atoms with Crippen molar-refractivity contribution in [2.24, 2.45) is 5.92 Å². The van der Waals surface area contributed by atoms with Gasteiger partial charge in [-0.15, -0.1) is 6.58 Å². The molecule has 0 radical (unpaired) electrons. The average Bonchev–Trinajstić information content (AvgIpc) is 3.16. The topological polar surface area (TPSA) is 92.3 Å². The third-order valence-corrected chi connectivity index (χ3v) is 29.3. The minimum absolute atomic E-state index is 0.00243. The fraction of sp³-hybridized carbons (Fsp3) is 0.849. The molecule has 0 bridgehead atoms. The molecule has 9 atom stereocenters. The molecule has 0 unspecified atom stereocenters. The van der Waals surface area contributed by atoms with Crippen LogP contribution in [0.2, 0.25) is 54.4 Å². The minimum atomic E-state index is -2.25. The first kappa shape index (κ1) is 57.8. The lowest BCUT2D eigenvalue weighted by Gasteiger charge is -2.52. The molecule has 66 heavy (non-hydrogen) atoms.